The van der Waals surface area contributed by atoms with Gasteiger partial charge in [0.15, 0.2) is 0 Å². The zero-order valence-corrected chi connectivity index (χ0v) is 8.46. The summed E-state index contributed by atoms with van der Waals surface area (Å²) in [4.78, 5) is 0. The fraction of sp³-hybridized carbons (Fsp3) is 1.00. The van der Waals surface area contributed by atoms with Crippen LogP contribution in [0.2, 0.25) is 0 Å². The molecule has 0 radical (unpaired) electrons. The largest absolute Gasteiger partial charge is 0.162 e. The molecule has 0 nitrogen and oxygen atoms in total. The molecule has 0 aromatic rings. The first-order valence-corrected chi connectivity index (χ1v) is 6.16. The second-order valence-corrected chi connectivity index (χ2v) is 4.78. The Bertz CT molecular complexity index is 82.9. The topological polar surface area (TPSA) is 0 Å². The molecule has 1 unspecified atom stereocenters. The first-order chi connectivity index (χ1) is 5.43. The lowest BCUT2D eigenvalue weighted by Crippen LogP contribution is -1.99. The Hall–Kier alpha value is 0.350. The van der Waals surface area contributed by atoms with E-state index in [1.54, 1.807) is 0 Å². The van der Waals surface area contributed by atoms with Gasteiger partial charge in [0.2, 0.25) is 0 Å². The van der Waals surface area contributed by atoms with Gasteiger partial charge in [-0.2, -0.15) is 11.8 Å². The standard InChI is InChI=1S/C10H20S/c1-2-3-5-10-6-4-8-11-9-7-10/h10H,2-9H2,1H3. The fourth-order valence-corrected chi connectivity index (χ4v) is 2.83. The fourth-order valence-electron chi connectivity index (χ4n) is 1.75. The zero-order chi connectivity index (χ0) is 7.94. The maximum atomic E-state index is 2.30. The third kappa shape index (κ3) is 4.05. The van der Waals surface area contributed by atoms with Crippen molar-refractivity contribution < 1.29 is 0 Å². The summed E-state index contributed by atoms with van der Waals surface area (Å²) >= 11 is 2.15. The third-order valence-electron chi connectivity index (χ3n) is 2.54. The summed E-state index contributed by atoms with van der Waals surface area (Å²) in [6.07, 6.45) is 8.80. The van der Waals surface area contributed by atoms with E-state index in [2.05, 4.69) is 18.7 Å². The molecule has 0 N–H and O–H groups in total. The quantitative estimate of drug-likeness (QED) is 0.625. The summed E-state index contributed by atoms with van der Waals surface area (Å²) in [5, 5.41) is 0. The second kappa shape index (κ2) is 5.93. The molecule has 1 fully saturated rings. The minimum absolute atomic E-state index is 1.07. The third-order valence-corrected chi connectivity index (χ3v) is 3.64. The smallest absolute Gasteiger partial charge is 0.00649 e. The van der Waals surface area contributed by atoms with Crippen molar-refractivity contribution in [3.8, 4) is 0 Å². The Morgan fingerprint density at radius 2 is 2.18 bits per heavy atom. The van der Waals surface area contributed by atoms with Crippen molar-refractivity contribution in [3.63, 3.8) is 0 Å². The van der Waals surface area contributed by atoms with Crippen LogP contribution < -0.4 is 0 Å². The minimum Gasteiger partial charge on any atom is -0.162 e. The van der Waals surface area contributed by atoms with Crippen LogP contribution in [0, 0.1) is 5.92 Å². The van der Waals surface area contributed by atoms with Crippen molar-refractivity contribution in [1.29, 1.82) is 0 Å². The lowest BCUT2D eigenvalue weighted by Gasteiger charge is -2.11. The zero-order valence-electron chi connectivity index (χ0n) is 7.64. The van der Waals surface area contributed by atoms with E-state index >= 15 is 0 Å². The molecule has 1 heterocycles. The molecule has 0 saturated carbocycles. The Balaban J connectivity index is 2.09. The van der Waals surface area contributed by atoms with E-state index in [1.807, 2.05) is 0 Å². The maximum absolute atomic E-state index is 2.30. The molecule has 1 aliphatic heterocycles. The van der Waals surface area contributed by atoms with E-state index in [4.69, 9.17) is 0 Å². The predicted molar refractivity (Wildman–Crippen MR) is 54.2 cm³/mol. The molecule has 1 rings (SSSR count). The van der Waals surface area contributed by atoms with Gasteiger partial charge in [0.25, 0.3) is 0 Å². The monoisotopic (exact) mass is 172 g/mol. The number of hydrogen-bond donors (Lipinski definition) is 0. The molecule has 66 valence electrons. The van der Waals surface area contributed by atoms with Crippen LogP contribution in [0.15, 0.2) is 0 Å². The Morgan fingerprint density at radius 1 is 1.27 bits per heavy atom. The highest BCUT2D eigenvalue weighted by Crippen LogP contribution is 2.25. The summed E-state index contributed by atoms with van der Waals surface area (Å²) in [7, 11) is 0. The van der Waals surface area contributed by atoms with E-state index in [9.17, 15) is 0 Å². The van der Waals surface area contributed by atoms with Gasteiger partial charge >= 0.3 is 0 Å². The molecule has 1 aliphatic rings. The maximum Gasteiger partial charge on any atom is -0.00649 e. The first kappa shape index (κ1) is 9.44. The molecule has 0 aromatic carbocycles. The van der Waals surface area contributed by atoms with Gasteiger partial charge < -0.3 is 0 Å². The van der Waals surface area contributed by atoms with Crippen LogP contribution in [0.3, 0.4) is 0 Å². The Morgan fingerprint density at radius 3 is 3.00 bits per heavy atom. The molecule has 1 atom stereocenters. The van der Waals surface area contributed by atoms with E-state index < -0.39 is 0 Å². The average molecular weight is 172 g/mol. The van der Waals surface area contributed by atoms with Crippen LogP contribution in [-0.2, 0) is 0 Å². The first-order valence-electron chi connectivity index (χ1n) is 5.01. The molecule has 1 saturated heterocycles. The number of hydrogen-bond acceptors (Lipinski definition) is 1. The van der Waals surface area contributed by atoms with Gasteiger partial charge in [-0.1, -0.05) is 26.2 Å². The molecule has 0 aliphatic carbocycles. The lowest BCUT2D eigenvalue weighted by molar-refractivity contribution is 0.426. The van der Waals surface area contributed by atoms with Gasteiger partial charge in [-0.05, 0) is 36.7 Å². The molecular weight excluding hydrogens is 152 g/mol. The number of rotatable bonds is 3. The van der Waals surface area contributed by atoms with Gasteiger partial charge in [0.1, 0.15) is 0 Å². The number of unbranched alkanes of at least 4 members (excludes halogenated alkanes) is 1. The second-order valence-electron chi connectivity index (χ2n) is 3.55. The van der Waals surface area contributed by atoms with Crippen LogP contribution in [0.5, 0.6) is 0 Å². The summed E-state index contributed by atoms with van der Waals surface area (Å²) in [6, 6.07) is 0. The van der Waals surface area contributed by atoms with Crippen LogP contribution in [0.1, 0.15) is 45.4 Å². The normalized spacial score (nSPS) is 26.5. The highest BCUT2D eigenvalue weighted by molar-refractivity contribution is 7.99. The van der Waals surface area contributed by atoms with Crippen molar-refractivity contribution >= 4 is 11.8 Å². The highest BCUT2D eigenvalue weighted by atomic mass is 32.2. The van der Waals surface area contributed by atoms with Crippen molar-refractivity contribution in [1.82, 2.24) is 0 Å². The van der Waals surface area contributed by atoms with Crippen LogP contribution in [-0.4, -0.2) is 11.5 Å². The molecule has 0 bridgehead atoms. The van der Waals surface area contributed by atoms with Crippen LogP contribution in [0.4, 0.5) is 0 Å². The molecule has 0 amide bonds. The van der Waals surface area contributed by atoms with E-state index in [1.165, 1.54) is 50.0 Å². The van der Waals surface area contributed by atoms with E-state index in [0.29, 0.717) is 0 Å². The Labute approximate surface area is 75.1 Å². The van der Waals surface area contributed by atoms with Gasteiger partial charge in [-0.25, -0.2) is 0 Å². The minimum atomic E-state index is 1.07. The molecule has 0 spiro atoms. The van der Waals surface area contributed by atoms with Crippen LogP contribution >= 0.6 is 11.8 Å². The predicted octanol–water partition coefficient (Wildman–Crippen LogP) is 3.71. The van der Waals surface area contributed by atoms with Crippen molar-refractivity contribution in [2.45, 2.75) is 45.4 Å². The summed E-state index contributed by atoms with van der Waals surface area (Å²) in [5.74, 6) is 3.92. The summed E-state index contributed by atoms with van der Waals surface area (Å²) in [6.45, 7) is 2.30. The van der Waals surface area contributed by atoms with Crippen LogP contribution in [0.25, 0.3) is 0 Å². The number of thioether (sulfide) groups is 1. The molecule has 0 aromatic heterocycles. The summed E-state index contributed by atoms with van der Waals surface area (Å²) < 4.78 is 0. The van der Waals surface area contributed by atoms with Gasteiger partial charge in [-0.15, -0.1) is 0 Å². The molecule has 1 heteroatoms. The summed E-state index contributed by atoms with van der Waals surface area (Å²) in [5.41, 5.74) is 0. The van der Waals surface area contributed by atoms with E-state index in [0.717, 1.165) is 5.92 Å². The van der Waals surface area contributed by atoms with Gasteiger partial charge in [0, 0.05) is 0 Å². The van der Waals surface area contributed by atoms with Gasteiger partial charge in [-0.3, -0.25) is 0 Å². The van der Waals surface area contributed by atoms with Crippen molar-refractivity contribution in [3.05, 3.63) is 0 Å². The SMILES string of the molecule is CCCCC1CCCSCC1. The molecular formula is C10H20S. The molecule has 11 heavy (non-hydrogen) atoms. The van der Waals surface area contributed by atoms with Crippen molar-refractivity contribution in [2.24, 2.45) is 5.92 Å². The van der Waals surface area contributed by atoms with Crippen molar-refractivity contribution in [2.75, 3.05) is 11.5 Å². The Kier molecular flexibility index (Phi) is 5.09. The lowest BCUT2D eigenvalue weighted by atomic mass is 9.95. The highest BCUT2D eigenvalue weighted by Gasteiger charge is 2.10. The average Bonchev–Trinajstić information content (AvgIpc) is 2.28. The van der Waals surface area contributed by atoms with E-state index in [-0.39, 0.29) is 0 Å². The van der Waals surface area contributed by atoms with Gasteiger partial charge in [0.05, 0.1) is 0 Å².